The van der Waals surface area contributed by atoms with Crippen molar-refractivity contribution < 1.29 is 0 Å². The lowest BCUT2D eigenvalue weighted by Crippen LogP contribution is -1.85. The van der Waals surface area contributed by atoms with Gasteiger partial charge in [0.2, 0.25) is 0 Å². The van der Waals surface area contributed by atoms with Crippen LogP contribution in [0.1, 0.15) is 5.56 Å². The van der Waals surface area contributed by atoms with Gasteiger partial charge in [0.1, 0.15) is 5.65 Å². The maximum atomic E-state index is 8.79. The van der Waals surface area contributed by atoms with Crippen LogP contribution >= 0.6 is 0 Å². The molecule has 3 heterocycles. The topological polar surface area (TPSA) is 70.3 Å². The summed E-state index contributed by atoms with van der Waals surface area (Å²) in [6, 6.07) is 4.21. The van der Waals surface area contributed by atoms with Gasteiger partial charge in [0.15, 0.2) is 0 Å². The number of aromatic nitrogens is 4. The molecule has 0 spiro atoms. The Morgan fingerprint density at radius 1 is 1.39 bits per heavy atom. The van der Waals surface area contributed by atoms with Gasteiger partial charge in [0.25, 0.3) is 0 Å². The zero-order chi connectivity index (χ0) is 12.5. The second-order valence-corrected chi connectivity index (χ2v) is 4.17. The summed E-state index contributed by atoms with van der Waals surface area (Å²) in [4.78, 5) is 7.44. The maximum absolute atomic E-state index is 8.79. The lowest BCUT2D eigenvalue weighted by atomic mass is 10.1. The number of nitriles is 1. The van der Waals surface area contributed by atoms with Gasteiger partial charge < -0.3 is 4.98 Å². The molecule has 0 atom stereocenters. The number of rotatable bonds is 2. The Kier molecular flexibility index (Phi) is 2.34. The van der Waals surface area contributed by atoms with Gasteiger partial charge >= 0.3 is 0 Å². The van der Waals surface area contributed by atoms with Crippen molar-refractivity contribution in [1.29, 1.82) is 5.26 Å². The van der Waals surface area contributed by atoms with Crippen LogP contribution < -0.4 is 0 Å². The Morgan fingerprint density at radius 3 is 3.00 bits per heavy atom. The number of nitrogens with zero attached hydrogens (tertiary/aromatic N) is 4. The van der Waals surface area contributed by atoms with Crippen molar-refractivity contribution in [2.75, 3.05) is 0 Å². The minimum absolute atomic E-state index is 0.387. The molecule has 1 N–H and O–H groups in total. The van der Waals surface area contributed by atoms with Crippen molar-refractivity contribution in [1.82, 2.24) is 19.7 Å². The molecule has 3 rings (SSSR count). The van der Waals surface area contributed by atoms with Gasteiger partial charge in [-0.3, -0.25) is 4.68 Å². The Labute approximate surface area is 104 Å². The Bertz CT molecular complexity index is 744. The highest BCUT2D eigenvalue weighted by Crippen LogP contribution is 2.24. The van der Waals surface area contributed by atoms with Crippen LogP contribution in [0.25, 0.3) is 22.2 Å². The molecular formula is C13H11N5. The minimum Gasteiger partial charge on any atom is -0.346 e. The SMILES string of the molecule is Cn1cc(-c2cnc3[nH]cc(CC#N)c3c2)cn1. The van der Waals surface area contributed by atoms with Crippen LogP contribution in [0.15, 0.2) is 30.9 Å². The normalized spacial score (nSPS) is 10.7. The van der Waals surface area contributed by atoms with Crippen LogP contribution in [0.2, 0.25) is 0 Å². The van der Waals surface area contributed by atoms with Gasteiger partial charge in [0, 0.05) is 42.2 Å². The fraction of sp³-hybridized carbons (Fsp3) is 0.154. The Hall–Kier alpha value is -2.61. The molecule has 5 heteroatoms. The largest absolute Gasteiger partial charge is 0.346 e. The van der Waals surface area contributed by atoms with Crippen molar-refractivity contribution in [2.24, 2.45) is 7.05 Å². The van der Waals surface area contributed by atoms with Crippen molar-refractivity contribution in [3.05, 3.63) is 36.4 Å². The summed E-state index contributed by atoms with van der Waals surface area (Å²) in [6.07, 6.45) is 7.79. The molecule has 18 heavy (non-hydrogen) atoms. The van der Waals surface area contributed by atoms with E-state index in [0.717, 1.165) is 27.7 Å². The molecule has 88 valence electrons. The number of hydrogen-bond acceptors (Lipinski definition) is 3. The zero-order valence-corrected chi connectivity index (χ0v) is 9.88. The van der Waals surface area contributed by atoms with E-state index in [9.17, 15) is 0 Å². The standard InChI is InChI=1S/C13H11N5/c1-18-8-11(7-17-18)10-4-12-9(2-3-14)5-15-13(12)16-6-10/h4-8H,2H2,1H3,(H,15,16). The van der Waals surface area contributed by atoms with Gasteiger partial charge in [-0.05, 0) is 11.6 Å². The van der Waals surface area contributed by atoms with Crippen molar-refractivity contribution in [3.8, 4) is 17.2 Å². The van der Waals surface area contributed by atoms with E-state index in [4.69, 9.17) is 5.26 Å². The monoisotopic (exact) mass is 237 g/mol. The summed E-state index contributed by atoms with van der Waals surface area (Å²) in [5.41, 5.74) is 3.82. The van der Waals surface area contributed by atoms with Gasteiger partial charge in [-0.2, -0.15) is 10.4 Å². The molecule has 0 aromatic carbocycles. The van der Waals surface area contributed by atoms with E-state index in [2.05, 4.69) is 21.1 Å². The van der Waals surface area contributed by atoms with Crippen LogP contribution in [0.5, 0.6) is 0 Å². The molecular weight excluding hydrogens is 226 g/mol. The molecule has 0 radical (unpaired) electrons. The van der Waals surface area contributed by atoms with Gasteiger partial charge in [-0.25, -0.2) is 4.98 Å². The maximum Gasteiger partial charge on any atom is 0.137 e. The third-order valence-corrected chi connectivity index (χ3v) is 2.92. The molecule has 0 aliphatic rings. The second kappa shape index (κ2) is 4.00. The lowest BCUT2D eigenvalue weighted by Gasteiger charge is -1.98. The summed E-state index contributed by atoms with van der Waals surface area (Å²) < 4.78 is 1.76. The summed E-state index contributed by atoms with van der Waals surface area (Å²) in [6.45, 7) is 0. The van der Waals surface area contributed by atoms with Crippen LogP contribution in [0, 0.1) is 11.3 Å². The average molecular weight is 237 g/mol. The number of aromatic amines is 1. The number of fused-ring (bicyclic) bond motifs is 1. The molecule has 0 aliphatic carbocycles. The van der Waals surface area contributed by atoms with Gasteiger partial charge in [0.05, 0.1) is 18.7 Å². The summed E-state index contributed by atoms with van der Waals surface area (Å²) >= 11 is 0. The Balaban J connectivity index is 2.15. The third kappa shape index (κ3) is 1.64. The van der Waals surface area contributed by atoms with E-state index in [0.29, 0.717) is 6.42 Å². The first kappa shape index (κ1) is 10.5. The Morgan fingerprint density at radius 2 is 2.28 bits per heavy atom. The van der Waals surface area contributed by atoms with E-state index in [1.165, 1.54) is 0 Å². The van der Waals surface area contributed by atoms with Crippen molar-refractivity contribution >= 4 is 11.0 Å². The fourth-order valence-corrected chi connectivity index (χ4v) is 2.02. The number of nitrogens with one attached hydrogen (secondary N) is 1. The molecule has 3 aromatic heterocycles. The summed E-state index contributed by atoms with van der Waals surface area (Å²) in [5.74, 6) is 0. The van der Waals surface area contributed by atoms with Gasteiger partial charge in [-0.15, -0.1) is 0 Å². The van der Waals surface area contributed by atoms with Crippen LogP contribution in [0.3, 0.4) is 0 Å². The smallest absolute Gasteiger partial charge is 0.137 e. The highest BCUT2D eigenvalue weighted by molar-refractivity contribution is 5.84. The van der Waals surface area contributed by atoms with E-state index in [1.54, 1.807) is 10.9 Å². The number of aryl methyl sites for hydroxylation is 1. The van der Waals surface area contributed by atoms with Crippen LogP contribution in [-0.4, -0.2) is 19.7 Å². The van der Waals surface area contributed by atoms with E-state index < -0.39 is 0 Å². The summed E-state index contributed by atoms with van der Waals surface area (Å²) in [5, 5.41) is 13.9. The molecule has 0 aliphatic heterocycles. The first-order chi connectivity index (χ1) is 8.78. The van der Waals surface area contributed by atoms with Crippen LogP contribution in [-0.2, 0) is 13.5 Å². The summed E-state index contributed by atoms with van der Waals surface area (Å²) in [7, 11) is 1.88. The fourth-order valence-electron chi connectivity index (χ4n) is 2.02. The van der Waals surface area contributed by atoms with E-state index in [-0.39, 0.29) is 0 Å². The van der Waals surface area contributed by atoms with Crippen molar-refractivity contribution in [3.63, 3.8) is 0 Å². The highest BCUT2D eigenvalue weighted by Gasteiger charge is 2.07. The van der Waals surface area contributed by atoms with E-state index >= 15 is 0 Å². The van der Waals surface area contributed by atoms with E-state index in [1.807, 2.05) is 31.7 Å². The van der Waals surface area contributed by atoms with Crippen LogP contribution in [0.4, 0.5) is 0 Å². The molecule has 0 saturated carbocycles. The minimum atomic E-state index is 0.387. The molecule has 0 unspecified atom stereocenters. The molecule has 0 bridgehead atoms. The quantitative estimate of drug-likeness (QED) is 0.741. The number of H-pyrrole nitrogens is 1. The lowest BCUT2D eigenvalue weighted by molar-refractivity contribution is 0.768. The molecule has 3 aromatic rings. The number of pyridine rings is 1. The average Bonchev–Trinajstić information content (AvgIpc) is 2.96. The molecule has 0 fully saturated rings. The zero-order valence-electron chi connectivity index (χ0n) is 9.88. The third-order valence-electron chi connectivity index (χ3n) is 2.92. The predicted octanol–water partition coefficient (Wildman–Crippen LogP) is 2.03. The predicted molar refractivity (Wildman–Crippen MR) is 67.6 cm³/mol. The molecule has 0 saturated heterocycles. The highest BCUT2D eigenvalue weighted by atomic mass is 15.2. The first-order valence-electron chi connectivity index (χ1n) is 5.60. The van der Waals surface area contributed by atoms with Gasteiger partial charge in [-0.1, -0.05) is 0 Å². The first-order valence-corrected chi connectivity index (χ1v) is 5.60. The molecule has 5 nitrogen and oxygen atoms in total. The molecule has 0 amide bonds. The number of hydrogen-bond donors (Lipinski definition) is 1. The van der Waals surface area contributed by atoms with Crippen molar-refractivity contribution in [2.45, 2.75) is 6.42 Å². The second-order valence-electron chi connectivity index (χ2n) is 4.17.